The number of rotatable bonds is 3. The summed E-state index contributed by atoms with van der Waals surface area (Å²) in [4.78, 5) is 7.74. The van der Waals surface area contributed by atoms with E-state index in [-0.39, 0.29) is 10.8 Å². The van der Waals surface area contributed by atoms with Crippen LogP contribution in [0.3, 0.4) is 0 Å². The maximum absolute atomic E-state index is 8.62. The van der Waals surface area contributed by atoms with Gasteiger partial charge in [0.25, 0.3) is 0 Å². The molecule has 72 valence electrons. The lowest BCUT2D eigenvalue weighted by Crippen LogP contribution is -1.91. The van der Waals surface area contributed by atoms with Crippen LogP contribution >= 0.6 is 11.6 Å². The molecule has 0 aliphatic carbocycles. The Labute approximate surface area is 86.8 Å². The number of nitriles is 1. The minimum atomic E-state index is 0.112. The Balaban J connectivity index is 2.86. The van der Waals surface area contributed by atoms with Gasteiger partial charge in [0, 0.05) is 0 Å². The van der Waals surface area contributed by atoms with Gasteiger partial charge in [0.2, 0.25) is 0 Å². The lowest BCUT2D eigenvalue weighted by atomic mass is 10.4. The van der Waals surface area contributed by atoms with E-state index in [0.717, 1.165) is 0 Å². The van der Waals surface area contributed by atoms with Crippen molar-refractivity contribution in [2.75, 3.05) is 6.61 Å². The van der Waals surface area contributed by atoms with E-state index in [4.69, 9.17) is 21.6 Å². The average molecular weight is 210 g/mol. The fourth-order valence-corrected chi connectivity index (χ4v) is 0.887. The molecule has 14 heavy (non-hydrogen) atoms. The molecule has 0 amide bonds. The van der Waals surface area contributed by atoms with Gasteiger partial charge in [0.15, 0.2) is 10.8 Å². The maximum Gasteiger partial charge on any atom is 0.178 e. The van der Waals surface area contributed by atoms with E-state index in [1.165, 1.54) is 12.5 Å². The van der Waals surface area contributed by atoms with Crippen LogP contribution in [-0.2, 0) is 4.74 Å². The van der Waals surface area contributed by atoms with Crippen LogP contribution in [0.1, 0.15) is 18.3 Å². The fraction of sp³-hybridized carbons (Fsp3) is 0.222. The van der Waals surface area contributed by atoms with Crippen molar-refractivity contribution >= 4 is 17.7 Å². The molecule has 0 saturated carbocycles. The zero-order valence-electron chi connectivity index (χ0n) is 7.57. The Morgan fingerprint density at radius 3 is 3.14 bits per heavy atom. The minimum absolute atomic E-state index is 0.112. The number of hydrogen-bond acceptors (Lipinski definition) is 4. The third kappa shape index (κ3) is 2.71. The van der Waals surface area contributed by atoms with Crippen LogP contribution in [0, 0.1) is 11.3 Å². The lowest BCUT2D eigenvalue weighted by molar-refractivity contribution is 0.272. The van der Waals surface area contributed by atoms with Gasteiger partial charge in [0.05, 0.1) is 24.8 Å². The largest absolute Gasteiger partial charge is 0.501 e. The first-order valence-electron chi connectivity index (χ1n) is 3.98. The highest BCUT2D eigenvalue weighted by atomic mass is 35.5. The summed E-state index contributed by atoms with van der Waals surface area (Å²) in [6.45, 7) is 2.46. The van der Waals surface area contributed by atoms with Crippen molar-refractivity contribution < 1.29 is 4.74 Å². The molecule has 1 rings (SSSR count). The Kier molecular flexibility index (Phi) is 3.89. The molecule has 0 aliphatic heterocycles. The summed E-state index contributed by atoms with van der Waals surface area (Å²) in [6, 6.07) is 1.85. The van der Waals surface area contributed by atoms with E-state index >= 15 is 0 Å². The molecule has 0 aromatic carbocycles. The SMILES string of the molecule is CCO/C=C/c1cnc(Cl)c(C#N)n1. The van der Waals surface area contributed by atoms with Crippen molar-refractivity contribution in [2.45, 2.75) is 6.92 Å². The summed E-state index contributed by atoms with van der Waals surface area (Å²) in [5.41, 5.74) is 0.657. The van der Waals surface area contributed by atoms with E-state index in [9.17, 15) is 0 Å². The molecule has 0 spiro atoms. The normalized spacial score (nSPS) is 10.1. The molecule has 0 saturated heterocycles. The van der Waals surface area contributed by atoms with Gasteiger partial charge in [-0.3, -0.25) is 0 Å². The van der Waals surface area contributed by atoms with Gasteiger partial charge in [-0.1, -0.05) is 11.6 Å². The first kappa shape index (κ1) is 10.5. The topological polar surface area (TPSA) is 58.8 Å². The van der Waals surface area contributed by atoms with E-state index in [0.29, 0.717) is 12.3 Å². The predicted octanol–water partition coefficient (Wildman–Crippen LogP) is 2.01. The summed E-state index contributed by atoms with van der Waals surface area (Å²) in [5, 5.41) is 8.73. The molecule has 0 fully saturated rings. The van der Waals surface area contributed by atoms with E-state index in [1.54, 1.807) is 6.08 Å². The van der Waals surface area contributed by atoms with Gasteiger partial charge in [-0.2, -0.15) is 5.26 Å². The Hall–Kier alpha value is -1.60. The number of halogens is 1. The maximum atomic E-state index is 8.62. The summed E-state index contributed by atoms with van der Waals surface area (Å²) < 4.78 is 4.98. The zero-order chi connectivity index (χ0) is 10.4. The van der Waals surface area contributed by atoms with Crippen molar-refractivity contribution in [1.29, 1.82) is 5.26 Å². The summed E-state index contributed by atoms with van der Waals surface area (Å²) >= 11 is 5.61. The van der Waals surface area contributed by atoms with Crippen molar-refractivity contribution in [3.05, 3.63) is 29.0 Å². The van der Waals surface area contributed by atoms with Crippen LogP contribution in [0.5, 0.6) is 0 Å². The first-order chi connectivity index (χ1) is 6.77. The van der Waals surface area contributed by atoms with E-state index in [1.807, 2.05) is 13.0 Å². The molecule has 1 aromatic rings. The summed E-state index contributed by atoms with van der Waals surface area (Å²) in [7, 11) is 0. The average Bonchev–Trinajstić information content (AvgIpc) is 2.21. The van der Waals surface area contributed by atoms with Crippen LogP contribution in [-0.4, -0.2) is 16.6 Å². The smallest absolute Gasteiger partial charge is 0.178 e. The van der Waals surface area contributed by atoms with Crippen LogP contribution in [0.4, 0.5) is 0 Å². The third-order valence-electron chi connectivity index (χ3n) is 1.35. The highest BCUT2D eigenvalue weighted by Gasteiger charge is 2.01. The Bertz CT molecular complexity index is 384. The number of aromatic nitrogens is 2. The second-order valence-corrected chi connectivity index (χ2v) is 2.66. The van der Waals surface area contributed by atoms with E-state index < -0.39 is 0 Å². The number of ether oxygens (including phenoxy) is 1. The van der Waals surface area contributed by atoms with Gasteiger partial charge < -0.3 is 4.74 Å². The molecule has 0 bridgehead atoms. The first-order valence-corrected chi connectivity index (χ1v) is 4.36. The standard InChI is InChI=1S/C9H8ClN3O/c1-2-14-4-3-7-6-12-9(10)8(5-11)13-7/h3-4,6H,2H2,1H3/b4-3+. The van der Waals surface area contributed by atoms with Crippen LogP contribution < -0.4 is 0 Å². The molecule has 0 atom stereocenters. The van der Waals surface area contributed by atoms with Gasteiger partial charge >= 0.3 is 0 Å². The number of hydrogen-bond donors (Lipinski definition) is 0. The molecule has 0 aliphatic rings. The molecule has 1 aromatic heterocycles. The van der Waals surface area contributed by atoms with E-state index in [2.05, 4.69) is 9.97 Å². The second-order valence-electron chi connectivity index (χ2n) is 2.30. The lowest BCUT2D eigenvalue weighted by Gasteiger charge is -1.96. The summed E-state index contributed by atoms with van der Waals surface area (Å²) in [5.74, 6) is 0. The Morgan fingerprint density at radius 2 is 2.50 bits per heavy atom. The molecular weight excluding hydrogens is 202 g/mol. The molecule has 0 unspecified atom stereocenters. The second kappa shape index (κ2) is 5.20. The van der Waals surface area contributed by atoms with Crippen LogP contribution in [0.15, 0.2) is 12.5 Å². The molecule has 1 heterocycles. The quantitative estimate of drug-likeness (QED) is 0.715. The van der Waals surface area contributed by atoms with Crippen molar-refractivity contribution in [3.63, 3.8) is 0 Å². The van der Waals surface area contributed by atoms with Gasteiger partial charge in [-0.15, -0.1) is 0 Å². The van der Waals surface area contributed by atoms with Gasteiger partial charge in [-0.25, -0.2) is 9.97 Å². The van der Waals surface area contributed by atoms with Crippen molar-refractivity contribution in [1.82, 2.24) is 9.97 Å². The zero-order valence-corrected chi connectivity index (χ0v) is 8.32. The minimum Gasteiger partial charge on any atom is -0.501 e. The van der Waals surface area contributed by atoms with Crippen LogP contribution in [0.2, 0.25) is 5.15 Å². The van der Waals surface area contributed by atoms with Gasteiger partial charge in [0.1, 0.15) is 6.07 Å². The number of nitrogens with zero attached hydrogens (tertiary/aromatic N) is 3. The third-order valence-corrected chi connectivity index (χ3v) is 1.63. The van der Waals surface area contributed by atoms with Crippen LogP contribution in [0.25, 0.3) is 6.08 Å². The highest BCUT2D eigenvalue weighted by Crippen LogP contribution is 2.09. The van der Waals surface area contributed by atoms with Crippen molar-refractivity contribution in [3.8, 4) is 6.07 Å². The van der Waals surface area contributed by atoms with Crippen molar-refractivity contribution in [2.24, 2.45) is 0 Å². The molecular formula is C9H8ClN3O. The summed E-state index contributed by atoms with van der Waals surface area (Å²) in [6.07, 6.45) is 4.59. The molecule has 0 radical (unpaired) electrons. The monoisotopic (exact) mass is 209 g/mol. The molecule has 0 N–H and O–H groups in total. The van der Waals surface area contributed by atoms with Gasteiger partial charge in [-0.05, 0) is 13.0 Å². The molecule has 5 heteroatoms. The Morgan fingerprint density at radius 1 is 1.71 bits per heavy atom. The fourth-order valence-electron chi connectivity index (χ4n) is 0.754. The highest BCUT2D eigenvalue weighted by molar-refractivity contribution is 6.30. The molecule has 4 nitrogen and oxygen atoms in total. The predicted molar refractivity (Wildman–Crippen MR) is 52.4 cm³/mol.